The van der Waals surface area contributed by atoms with Gasteiger partial charge in [-0.2, -0.15) is 0 Å². The first-order chi connectivity index (χ1) is 6.33. The Morgan fingerprint density at radius 2 is 2.46 bits per heavy atom. The van der Waals surface area contributed by atoms with Crippen molar-refractivity contribution in [3.05, 3.63) is 11.6 Å². The van der Waals surface area contributed by atoms with Gasteiger partial charge in [0.2, 0.25) is 0 Å². The summed E-state index contributed by atoms with van der Waals surface area (Å²) in [5.41, 5.74) is 0.941. The molecule has 0 aromatic rings. The SMILES string of the molecule is C/C(=C\CO[C@H]1CCCCO1)CO. The lowest BCUT2D eigenvalue weighted by Gasteiger charge is -2.22. The van der Waals surface area contributed by atoms with Gasteiger partial charge in [-0.3, -0.25) is 0 Å². The minimum atomic E-state index is -0.0310. The van der Waals surface area contributed by atoms with Crippen molar-refractivity contribution in [1.29, 1.82) is 0 Å². The molecule has 0 unspecified atom stereocenters. The topological polar surface area (TPSA) is 38.7 Å². The van der Waals surface area contributed by atoms with Crippen LogP contribution in [0.15, 0.2) is 11.6 Å². The molecule has 1 rings (SSSR count). The van der Waals surface area contributed by atoms with Gasteiger partial charge in [0.05, 0.1) is 13.2 Å². The van der Waals surface area contributed by atoms with Crippen molar-refractivity contribution in [2.45, 2.75) is 32.5 Å². The molecule has 1 N–H and O–H groups in total. The molecule has 1 fully saturated rings. The van der Waals surface area contributed by atoms with Crippen LogP contribution in [0.3, 0.4) is 0 Å². The van der Waals surface area contributed by atoms with Crippen LogP contribution in [-0.2, 0) is 9.47 Å². The molecule has 3 heteroatoms. The maximum absolute atomic E-state index is 8.72. The van der Waals surface area contributed by atoms with Gasteiger partial charge < -0.3 is 14.6 Å². The van der Waals surface area contributed by atoms with Crippen LogP contribution in [-0.4, -0.2) is 31.2 Å². The molecule has 1 atom stereocenters. The van der Waals surface area contributed by atoms with Crippen molar-refractivity contribution in [3.63, 3.8) is 0 Å². The molecule has 3 nitrogen and oxygen atoms in total. The van der Waals surface area contributed by atoms with Crippen LogP contribution >= 0.6 is 0 Å². The molecule has 0 aromatic heterocycles. The zero-order valence-electron chi connectivity index (χ0n) is 8.16. The van der Waals surface area contributed by atoms with E-state index in [2.05, 4.69) is 0 Å². The summed E-state index contributed by atoms with van der Waals surface area (Å²) < 4.78 is 10.8. The molecule has 0 amide bonds. The van der Waals surface area contributed by atoms with Gasteiger partial charge in [-0.15, -0.1) is 0 Å². The second-order valence-corrected chi connectivity index (χ2v) is 3.34. The highest BCUT2D eigenvalue weighted by molar-refractivity contribution is 4.97. The van der Waals surface area contributed by atoms with Crippen LogP contribution in [0.5, 0.6) is 0 Å². The smallest absolute Gasteiger partial charge is 0.157 e. The van der Waals surface area contributed by atoms with Crippen molar-refractivity contribution in [3.8, 4) is 0 Å². The summed E-state index contributed by atoms with van der Waals surface area (Å²) in [6.45, 7) is 3.34. The molecule has 0 aliphatic carbocycles. The average Bonchev–Trinajstić information content (AvgIpc) is 2.19. The van der Waals surface area contributed by atoms with Gasteiger partial charge in [-0.25, -0.2) is 0 Å². The van der Waals surface area contributed by atoms with Gasteiger partial charge in [-0.05, 0) is 31.8 Å². The lowest BCUT2D eigenvalue weighted by Crippen LogP contribution is -2.22. The number of aliphatic hydroxyl groups is 1. The maximum Gasteiger partial charge on any atom is 0.157 e. The molecule has 0 bridgehead atoms. The van der Waals surface area contributed by atoms with Crippen molar-refractivity contribution in [1.82, 2.24) is 0 Å². The summed E-state index contributed by atoms with van der Waals surface area (Å²) >= 11 is 0. The lowest BCUT2D eigenvalue weighted by molar-refractivity contribution is -0.155. The van der Waals surface area contributed by atoms with E-state index in [4.69, 9.17) is 14.6 Å². The Morgan fingerprint density at radius 3 is 3.08 bits per heavy atom. The normalized spacial score (nSPS) is 24.8. The van der Waals surface area contributed by atoms with Gasteiger partial charge in [0.1, 0.15) is 0 Å². The van der Waals surface area contributed by atoms with E-state index < -0.39 is 0 Å². The molecule has 1 aliphatic rings. The fourth-order valence-corrected chi connectivity index (χ4v) is 1.20. The molecular weight excluding hydrogens is 168 g/mol. The van der Waals surface area contributed by atoms with E-state index in [0.29, 0.717) is 6.61 Å². The molecule has 1 heterocycles. The van der Waals surface area contributed by atoms with Crippen LogP contribution in [0.4, 0.5) is 0 Å². The fourth-order valence-electron chi connectivity index (χ4n) is 1.20. The molecule has 0 saturated carbocycles. The Morgan fingerprint density at radius 1 is 1.62 bits per heavy atom. The summed E-state index contributed by atoms with van der Waals surface area (Å²) in [6.07, 6.45) is 5.18. The predicted molar refractivity (Wildman–Crippen MR) is 50.4 cm³/mol. The van der Waals surface area contributed by atoms with E-state index in [1.54, 1.807) is 0 Å². The third-order valence-corrected chi connectivity index (χ3v) is 2.10. The second-order valence-electron chi connectivity index (χ2n) is 3.34. The van der Waals surface area contributed by atoms with Gasteiger partial charge in [0, 0.05) is 6.61 Å². The highest BCUT2D eigenvalue weighted by atomic mass is 16.7. The minimum absolute atomic E-state index is 0.0310. The monoisotopic (exact) mass is 186 g/mol. The Balaban J connectivity index is 2.10. The maximum atomic E-state index is 8.72. The summed E-state index contributed by atoms with van der Waals surface area (Å²) in [7, 11) is 0. The largest absolute Gasteiger partial charge is 0.392 e. The molecule has 1 saturated heterocycles. The molecule has 13 heavy (non-hydrogen) atoms. The van der Waals surface area contributed by atoms with Crippen molar-refractivity contribution >= 4 is 0 Å². The lowest BCUT2D eigenvalue weighted by atomic mass is 10.2. The third-order valence-electron chi connectivity index (χ3n) is 2.10. The zero-order chi connectivity index (χ0) is 9.52. The summed E-state index contributed by atoms with van der Waals surface area (Å²) in [5, 5.41) is 8.72. The van der Waals surface area contributed by atoms with Crippen molar-refractivity contribution in [2.24, 2.45) is 0 Å². The van der Waals surface area contributed by atoms with Gasteiger partial charge in [-0.1, -0.05) is 6.08 Å². The van der Waals surface area contributed by atoms with E-state index in [0.717, 1.165) is 25.0 Å². The van der Waals surface area contributed by atoms with E-state index in [9.17, 15) is 0 Å². The standard InChI is InChI=1S/C10H18O3/c1-9(8-11)5-7-13-10-4-2-3-6-12-10/h5,10-11H,2-4,6-8H2,1H3/b9-5+/t10-/m0/s1. The van der Waals surface area contributed by atoms with E-state index in [-0.39, 0.29) is 12.9 Å². The minimum Gasteiger partial charge on any atom is -0.392 e. The number of hydrogen-bond donors (Lipinski definition) is 1. The van der Waals surface area contributed by atoms with Crippen LogP contribution < -0.4 is 0 Å². The second kappa shape index (κ2) is 6.13. The molecule has 76 valence electrons. The molecule has 1 aliphatic heterocycles. The molecule has 0 radical (unpaired) electrons. The van der Waals surface area contributed by atoms with Crippen LogP contribution in [0.25, 0.3) is 0 Å². The van der Waals surface area contributed by atoms with Crippen LogP contribution in [0, 0.1) is 0 Å². The number of aliphatic hydroxyl groups excluding tert-OH is 1. The Bertz CT molecular complexity index is 160. The zero-order valence-corrected chi connectivity index (χ0v) is 8.16. The first kappa shape index (κ1) is 10.7. The highest BCUT2D eigenvalue weighted by Crippen LogP contribution is 2.13. The predicted octanol–water partition coefficient (Wildman–Crippen LogP) is 1.47. The van der Waals surface area contributed by atoms with Crippen LogP contribution in [0.2, 0.25) is 0 Å². The van der Waals surface area contributed by atoms with E-state index in [1.165, 1.54) is 6.42 Å². The van der Waals surface area contributed by atoms with Gasteiger partial charge in [0.15, 0.2) is 6.29 Å². The summed E-state index contributed by atoms with van der Waals surface area (Å²) in [4.78, 5) is 0. The number of ether oxygens (including phenoxy) is 2. The fraction of sp³-hybridized carbons (Fsp3) is 0.800. The summed E-state index contributed by atoms with van der Waals surface area (Å²) in [5.74, 6) is 0. The Hall–Kier alpha value is -0.380. The first-order valence-electron chi connectivity index (χ1n) is 4.82. The molecule has 0 spiro atoms. The average molecular weight is 186 g/mol. The highest BCUT2D eigenvalue weighted by Gasteiger charge is 2.12. The van der Waals surface area contributed by atoms with E-state index >= 15 is 0 Å². The van der Waals surface area contributed by atoms with Crippen LogP contribution in [0.1, 0.15) is 26.2 Å². The number of rotatable bonds is 4. The Kier molecular flexibility index (Phi) is 5.05. The first-order valence-corrected chi connectivity index (χ1v) is 4.82. The van der Waals surface area contributed by atoms with E-state index in [1.807, 2.05) is 13.0 Å². The Labute approximate surface area is 79.3 Å². The van der Waals surface area contributed by atoms with Crippen molar-refractivity contribution in [2.75, 3.05) is 19.8 Å². The van der Waals surface area contributed by atoms with Crippen molar-refractivity contribution < 1.29 is 14.6 Å². The van der Waals surface area contributed by atoms with Gasteiger partial charge in [0.25, 0.3) is 0 Å². The van der Waals surface area contributed by atoms with Gasteiger partial charge >= 0.3 is 0 Å². The summed E-state index contributed by atoms with van der Waals surface area (Å²) in [6, 6.07) is 0. The molecule has 0 aromatic carbocycles. The third kappa shape index (κ3) is 4.41. The molecular formula is C10H18O3. The number of hydrogen-bond acceptors (Lipinski definition) is 3. The quantitative estimate of drug-likeness (QED) is 0.676.